The lowest BCUT2D eigenvalue weighted by Crippen LogP contribution is -2.31. The highest BCUT2D eigenvalue weighted by molar-refractivity contribution is 5.74. The van der Waals surface area contributed by atoms with Gasteiger partial charge in [-0.25, -0.2) is 0 Å². The normalized spacial score (nSPS) is 17.2. The smallest absolute Gasteiger partial charge is 0.161 e. The van der Waals surface area contributed by atoms with E-state index in [0.29, 0.717) is 13.2 Å². The van der Waals surface area contributed by atoms with Crippen molar-refractivity contribution in [1.82, 2.24) is 5.32 Å². The minimum atomic E-state index is -0.0155. The Morgan fingerprint density at radius 1 is 0.833 bits per heavy atom. The van der Waals surface area contributed by atoms with E-state index in [2.05, 4.69) is 41.7 Å². The number of methoxy groups -OCH3 is 2. The molecule has 2 aliphatic heterocycles. The van der Waals surface area contributed by atoms with E-state index in [1.165, 1.54) is 11.1 Å². The van der Waals surface area contributed by atoms with Gasteiger partial charge in [0.05, 0.1) is 20.3 Å². The Bertz CT molecular complexity index is 1060. The minimum absolute atomic E-state index is 0.0155. The van der Waals surface area contributed by atoms with E-state index >= 15 is 0 Å². The van der Waals surface area contributed by atoms with E-state index in [1.807, 2.05) is 18.2 Å². The maximum Gasteiger partial charge on any atom is 0.161 e. The molecule has 5 nitrogen and oxygen atoms in total. The lowest BCUT2D eigenvalue weighted by Gasteiger charge is -2.31. The third-order valence-electron chi connectivity index (χ3n) is 5.81. The summed E-state index contributed by atoms with van der Waals surface area (Å²) < 4.78 is 23.2. The number of rotatable bonds is 4. The van der Waals surface area contributed by atoms with Crippen LogP contribution >= 0.6 is 0 Å². The van der Waals surface area contributed by atoms with Crippen LogP contribution in [0.2, 0.25) is 0 Å². The molecule has 0 bridgehead atoms. The molecule has 0 fully saturated rings. The standard InChI is InChI=1S/C25H25NO4/c1-27-21-15-20(22(28-2)13-18(21)16-6-4-3-5-7-16)25-19-14-24-23(29-10-11-30-24)12-17(19)8-9-26-25/h3-7,12-15,25-26H,8-11H2,1-2H3. The van der Waals surface area contributed by atoms with Crippen LogP contribution in [-0.4, -0.2) is 34.0 Å². The molecule has 0 aliphatic carbocycles. The van der Waals surface area contributed by atoms with Crippen molar-refractivity contribution in [2.45, 2.75) is 12.5 Å². The molecule has 1 N–H and O–H groups in total. The van der Waals surface area contributed by atoms with Crippen molar-refractivity contribution >= 4 is 0 Å². The molecular weight excluding hydrogens is 378 g/mol. The second kappa shape index (κ2) is 7.92. The lowest BCUT2D eigenvalue weighted by atomic mass is 9.87. The first-order valence-corrected chi connectivity index (χ1v) is 10.3. The summed E-state index contributed by atoms with van der Waals surface area (Å²) in [5, 5.41) is 3.65. The molecule has 0 saturated carbocycles. The molecule has 2 aliphatic rings. The van der Waals surface area contributed by atoms with Crippen molar-refractivity contribution in [1.29, 1.82) is 0 Å². The van der Waals surface area contributed by atoms with Crippen LogP contribution in [0.1, 0.15) is 22.7 Å². The maximum atomic E-state index is 5.84. The molecule has 30 heavy (non-hydrogen) atoms. The molecule has 2 heterocycles. The molecule has 0 radical (unpaired) electrons. The minimum Gasteiger partial charge on any atom is -0.496 e. The van der Waals surface area contributed by atoms with Gasteiger partial charge in [0.25, 0.3) is 0 Å². The highest BCUT2D eigenvalue weighted by atomic mass is 16.6. The summed E-state index contributed by atoms with van der Waals surface area (Å²) in [6, 6.07) is 18.6. The van der Waals surface area contributed by atoms with Crippen molar-refractivity contribution in [3.05, 3.63) is 71.3 Å². The molecule has 0 amide bonds. The fourth-order valence-corrected chi connectivity index (χ4v) is 4.36. The van der Waals surface area contributed by atoms with Crippen LogP contribution in [0.5, 0.6) is 23.0 Å². The summed E-state index contributed by atoms with van der Waals surface area (Å²) in [6.45, 7) is 2.05. The average molecular weight is 403 g/mol. The van der Waals surface area contributed by atoms with Crippen molar-refractivity contribution in [2.75, 3.05) is 34.0 Å². The molecule has 1 atom stereocenters. The number of hydrogen-bond acceptors (Lipinski definition) is 5. The summed E-state index contributed by atoms with van der Waals surface area (Å²) in [7, 11) is 3.43. The molecule has 5 heteroatoms. The second-order valence-corrected chi connectivity index (χ2v) is 7.49. The number of benzene rings is 3. The van der Waals surface area contributed by atoms with E-state index in [0.717, 1.165) is 52.7 Å². The number of hydrogen-bond donors (Lipinski definition) is 1. The molecule has 3 aromatic rings. The SMILES string of the molecule is COc1cc(C2NCCc3cc4c(cc32)OCCO4)c(OC)cc1-c1ccccc1. The van der Waals surface area contributed by atoms with Crippen LogP contribution in [0.3, 0.4) is 0 Å². The lowest BCUT2D eigenvalue weighted by molar-refractivity contribution is 0.171. The van der Waals surface area contributed by atoms with Crippen molar-refractivity contribution in [3.63, 3.8) is 0 Å². The van der Waals surface area contributed by atoms with Gasteiger partial charge in [0.1, 0.15) is 24.7 Å². The van der Waals surface area contributed by atoms with E-state index in [9.17, 15) is 0 Å². The number of ether oxygens (including phenoxy) is 4. The molecule has 3 aromatic carbocycles. The first-order chi connectivity index (χ1) is 14.8. The highest BCUT2D eigenvalue weighted by Crippen LogP contribution is 2.44. The third kappa shape index (κ3) is 3.25. The Morgan fingerprint density at radius 3 is 2.30 bits per heavy atom. The van der Waals surface area contributed by atoms with Gasteiger partial charge in [0, 0.05) is 17.7 Å². The van der Waals surface area contributed by atoms with Crippen molar-refractivity contribution in [3.8, 4) is 34.1 Å². The maximum absolute atomic E-state index is 5.84. The fourth-order valence-electron chi connectivity index (χ4n) is 4.36. The summed E-state index contributed by atoms with van der Waals surface area (Å²) in [5.74, 6) is 3.29. The molecule has 0 spiro atoms. The summed E-state index contributed by atoms with van der Waals surface area (Å²) >= 11 is 0. The monoisotopic (exact) mass is 403 g/mol. The van der Waals surface area contributed by atoms with E-state index in [-0.39, 0.29) is 6.04 Å². The van der Waals surface area contributed by atoms with Crippen LogP contribution in [0, 0.1) is 0 Å². The topological polar surface area (TPSA) is 49.0 Å². The number of fused-ring (bicyclic) bond motifs is 2. The van der Waals surface area contributed by atoms with Gasteiger partial charge >= 0.3 is 0 Å². The van der Waals surface area contributed by atoms with Gasteiger partial charge in [-0.3, -0.25) is 0 Å². The predicted octanol–water partition coefficient (Wildman–Crippen LogP) is 4.38. The molecule has 154 valence electrons. The first kappa shape index (κ1) is 18.8. The van der Waals surface area contributed by atoms with E-state index in [4.69, 9.17) is 18.9 Å². The molecule has 0 aromatic heterocycles. The van der Waals surface area contributed by atoms with Gasteiger partial charge in [0.2, 0.25) is 0 Å². The Balaban J connectivity index is 1.63. The van der Waals surface area contributed by atoms with Crippen LogP contribution in [0.15, 0.2) is 54.6 Å². The largest absolute Gasteiger partial charge is 0.496 e. The molecule has 5 rings (SSSR count). The number of nitrogens with one attached hydrogen (secondary N) is 1. The van der Waals surface area contributed by atoms with Gasteiger partial charge in [-0.1, -0.05) is 30.3 Å². The third-order valence-corrected chi connectivity index (χ3v) is 5.81. The Labute approximate surface area is 176 Å². The predicted molar refractivity (Wildman–Crippen MR) is 116 cm³/mol. The quantitative estimate of drug-likeness (QED) is 0.701. The van der Waals surface area contributed by atoms with Gasteiger partial charge in [-0.05, 0) is 47.4 Å². The average Bonchev–Trinajstić information content (AvgIpc) is 2.82. The van der Waals surface area contributed by atoms with Crippen molar-refractivity contribution in [2.24, 2.45) is 0 Å². The van der Waals surface area contributed by atoms with E-state index < -0.39 is 0 Å². The zero-order chi connectivity index (χ0) is 20.5. The molecule has 0 saturated heterocycles. The Hall–Kier alpha value is -3.18. The van der Waals surface area contributed by atoms with Gasteiger partial charge in [-0.2, -0.15) is 0 Å². The zero-order valence-corrected chi connectivity index (χ0v) is 17.2. The zero-order valence-electron chi connectivity index (χ0n) is 17.2. The second-order valence-electron chi connectivity index (χ2n) is 7.49. The van der Waals surface area contributed by atoms with Gasteiger partial charge in [-0.15, -0.1) is 0 Å². The van der Waals surface area contributed by atoms with Crippen LogP contribution in [0.4, 0.5) is 0 Å². The van der Waals surface area contributed by atoms with Crippen LogP contribution in [-0.2, 0) is 6.42 Å². The first-order valence-electron chi connectivity index (χ1n) is 10.3. The Kier molecular flexibility index (Phi) is 4.97. The molecular formula is C25H25NO4. The fraction of sp³-hybridized carbons (Fsp3) is 0.280. The van der Waals surface area contributed by atoms with Crippen molar-refractivity contribution < 1.29 is 18.9 Å². The van der Waals surface area contributed by atoms with E-state index in [1.54, 1.807) is 14.2 Å². The van der Waals surface area contributed by atoms with Crippen LogP contribution in [0.25, 0.3) is 11.1 Å². The highest BCUT2D eigenvalue weighted by Gasteiger charge is 2.28. The van der Waals surface area contributed by atoms with Crippen LogP contribution < -0.4 is 24.3 Å². The molecule has 1 unspecified atom stereocenters. The van der Waals surface area contributed by atoms with Gasteiger partial charge in [0.15, 0.2) is 11.5 Å². The summed E-state index contributed by atoms with van der Waals surface area (Å²) in [4.78, 5) is 0. The summed E-state index contributed by atoms with van der Waals surface area (Å²) in [6.07, 6.45) is 0.948. The summed E-state index contributed by atoms with van der Waals surface area (Å²) in [5.41, 5.74) is 5.62. The Morgan fingerprint density at radius 2 is 1.57 bits per heavy atom. The van der Waals surface area contributed by atoms with Gasteiger partial charge < -0.3 is 24.3 Å².